The third kappa shape index (κ3) is 2.75. The van der Waals surface area contributed by atoms with Crippen LogP contribution < -0.4 is 5.32 Å². The predicted octanol–water partition coefficient (Wildman–Crippen LogP) is 2.02. The highest BCUT2D eigenvalue weighted by Crippen LogP contribution is 2.26. The number of aromatic hydroxyl groups is 1. The van der Waals surface area contributed by atoms with Gasteiger partial charge in [-0.1, -0.05) is 30.3 Å². The second kappa shape index (κ2) is 5.66. The van der Waals surface area contributed by atoms with Gasteiger partial charge >= 0.3 is 0 Å². The van der Waals surface area contributed by atoms with Gasteiger partial charge in [-0.3, -0.25) is 0 Å². The molecule has 90 valence electrons. The maximum atomic E-state index is 9.88. The average molecular weight is 231 g/mol. The fraction of sp³-hybridized carbons (Fsp3) is 0.286. The first kappa shape index (κ1) is 11.9. The van der Waals surface area contributed by atoms with E-state index in [0.29, 0.717) is 12.3 Å². The van der Waals surface area contributed by atoms with Gasteiger partial charge in [-0.2, -0.15) is 0 Å². The van der Waals surface area contributed by atoms with Crippen molar-refractivity contribution in [2.24, 2.45) is 0 Å². The average Bonchev–Trinajstić information content (AvgIpc) is 2.37. The zero-order valence-corrected chi connectivity index (χ0v) is 9.69. The summed E-state index contributed by atoms with van der Waals surface area (Å²) >= 11 is 0. The fourth-order valence-corrected chi connectivity index (χ4v) is 1.93. The molecule has 0 saturated carbocycles. The zero-order chi connectivity index (χ0) is 12.1. The van der Waals surface area contributed by atoms with Crippen LogP contribution in [-0.4, -0.2) is 23.4 Å². The normalized spacial score (nSPS) is 10.9. The Hall–Kier alpha value is -1.58. The lowest BCUT2D eigenvalue weighted by Gasteiger charge is -2.10. The van der Waals surface area contributed by atoms with Crippen molar-refractivity contribution >= 4 is 10.8 Å². The number of fused-ring (bicyclic) bond motifs is 1. The summed E-state index contributed by atoms with van der Waals surface area (Å²) < 4.78 is 0. The fourth-order valence-electron chi connectivity index (χ4n) is 1.93. The van der Waals surface area contributed by atoms with Crippen molar-refractivity contribution in [1.29, 1.82) is 0 Å². The molecule has 0 heterocycles. The Morgan fingerprint density at radius 2 is 1.88 bits per heavy atom. The lowest BCUT2D eigenvalue weighted by Crippen LogP contribution is -2.16. The molecule has 0 atom stereocenters. The van der Waals surface area contributed by atoms with Crippen molar-refractivity contribution < 1.29 is 10.2 Å². The molecule has 0 amide bonds. The summed E-state index contributed by atoms with van der Waals surface area (Å²) in [4.78, 5) is 0. The Balaban J connectivity index is 2.22. The van der Waals surface area contributed by atoms with E-state index in [1.165, 1.54) is 0 Å². The Labute approximate surface area is 101 Å². The Morgan fingerprint density at radius 1 is 1.06 bits per heavy atom. The maximum Gasteiger partial charge on any atom is 0.120 e. The van der Waals surface area contributed by atoms with Crippen LogP contribution in [0, 0.1) is 0 Å². The molecule has 0 unspecified atom stereocenters. The molecule has 0 saturated heterocycles. The molecule has 17 heavy (non-hydrogen) atoms. The molecular weight excluding hydrogens is 214 g/mol. The number of phenolic OH excluding ortho intramolecular Hbond substituents is 1. The summed E-state index contributed by atoms with van der Waals surface area (Å²) in [7, 11) is 0. The van der Waals surface area contributed by atoms with Crippen molar-refractivity contribution in [3.63, 3.8) is 0 Å². The van der Waals surface area contributed by atoms with Crippen LogP contribution in [0.2, 0.25) is 0 Å². The molecule has 2 aromatic carbocycles. The number of benzene rings is 2. The topological polar surface area (TPSA) is 52.5 Å². The van der Waals surface area contributed by atoms with Gasteiger partial charge in [0.25, 0.3) is 0 Å². The zero-order valence-electron chi connectivity index (χ0n) is 9.69. The Bertz CT molecular complexity index is 497. The van der Waals surface area contributed by atoms with Gasteiger partial charge < -0.3 is 15.5 Å². The Morgan fingerprint density at radius 3 is 2.71 bits per heavy atom. The van der Waals surface area contributed by atoms with E-state index in [1.807, 2.05) is 30.3 Å². The largest absolute Gasteiger partial charge is 0.508 e. The Kier molecular flexibility index (Phi) is 3.96. The molecule has 0 spiro atoms. The lowest BCUT2D eigenvalue weighted by molar-refractivity contribution is 0.286. The smallest absolute Gasteiger partial charge is 0.120 e. The van der Waals surface area contributed by atoms with Crippen LogP contribution in [-0.2, 0) is 6.54 Å². The van der Waals surface area contributed by atoms with E-state index in [-0.39, 0.29) is 6.61 Å². The first-order chi connectivity index (χ1) is 8.33. The van der Waals surface area contributed by atoms with E-state index in [9.17, 15) is 5.11 Å². The van der Waals surface area contributed by atoms with Gasteiger partial charge in [-0.15, -0.1) is 0 Å². The summed E-state index contributed by atoms with van der Waals surface area (Å²) in [5.41, 5.74) is 0.918. The number of aliphatic hydroxyl groups excluding tert-OH is 1. The third-order valence-electron chi connectivity index (χ3n) is 2.83. The molecule has 3 nitrogen and oxygen atoms in total. The van der Waals surface area contributed by atoms with E-state index < -0.39 is 0 Å². The molecule has 0 bridgehead atoms. The van der Waals surface area contributed by atoms with E-state index in [2.05, 4.69) is 5.32 Å². The molecule has 3 heteroatoms. The molecule has 2 aromatic rings. The summed E-state index contributed by atoms with van der Waals surface area (Å²) in [6.45, 7) is 1.56. The third-order valence-corrected chi connectivity index (χ3v) is 2.83. The van der Waals surface area contributed by atoms with Gasteiger partial charge in [-0.25, -0.2) is 0 Å². The van der Waals surface area contributed by atoms with Gasteiger partial charge in [0.1, 0.15) is 5.75 Å². The summed E-state index contributed by atoms with van der Waals surface area (Å²) in [5.74, 6) is 0.320. The second-order valence-electron chi connectivity index (χ2n) is 4.04. The molecule has 0 aliphatic carbocycles. The van der Waals surface area contributed by atoms with Gasteiger partial charge in [0.15, 0.2) is 0 Å². The van der Waals surface area contributed by atoms with Gasteiger partial charge in [0.2, 0.25) is 0 Å². The van der Waals surface area contributed by atoms with Crippen molar-refractivity contribution in [3.05, 3.63) is 42.0 Å². The van der Waals surface area contributed by atoms with Crippen molar-refractivity contribution in [2.75, 3.05) is 13.2 Å². The summed E-state index contributed by atoms with van der Waals surface area (Å²) in [5, 5.41) is 24.0. The van der Waals surface area contributed by atoms with Gasteiger partial charge in [0.05, 0.1) is 0 Å². The first-order valence-electron chi connectivity index (χ1n) is 5.84. The molecule has 2 rings (SSSR count). The number of aliphatic hydroxyl groups is 1. The van der Waals surface area contributed by atoms with Crippen LogP contribution >= 0.6 is 0 Å². The molecule has 0 fully saturated rings. The van der Waals surface area contributed by atoms with Crippen LogP contribution in [0.1, 0.15) is 12.0 Å². The van der Waals surface area contributed by atoms with Crippen LogP contribution in [0.5, 0.6) is 5.75 Å². The van der Waals surface area contributed by atoms with Gasteiger partial charge in [0, 0.05) is 18.7 Å². The number of rotatable bonds is 5. The molecule has 0 aliphatic rings. The van der Waals surface area contributed by atoms with Crippen molar-refractivity contribution in [1.82, 2.24) is 5.32 Å². The number of hydrogen-bond acceptors (Lipinski definition) is 3. The molecule has 0 aromatic heterocycles. The van der Waals surface area contributed by atoms with Crippen molar-refractivity contribution in [2.45, 2.75) is 13.0 Å². The number of phenols is 1. The predicted molar refractivity (Wildman–Crippen MR) is 69.0 cm³/mol. The van der Waals surface area contributed by atoms with E-state index in [1.54, 1.807) is 6.07 Å². The maximum absolute atomic E-state index is 9.88. The molecular formula is C14H17NO2. The first-order valence-corrected chi connectivity index (χ1v) is 5.84. The second-order valence-corrected chi connectivity index (χ2v) is 4.04. The standard InChI is InChI=1S/C14H17NO2/c16-9-3-8-15-10-13-12-5-2-1-4-11(12)6-7-14(13)17/h1-2,4-7,15-17H,3,8-10H2. The highest BCUT2D eigenvalue weighted by atomic mass is 16.3. The highest BCUT2D eigenvalue weighted by molar-refractivity contribution is 5.87. The lowest BCUT2D eigenvalue weighted by atomic mass is 10.0. The number of hydrogen-bond donors (Lipinski definition) is 3. The monoisotopic (exact) mass is 231 g/mol. The highest BCUT2D eigenvalue weighted by Gasteiger charge is 2.05. The quantitative estimate of drug-likeness (QED) is 0.690. The molecule has 3 N–H and O–H groups in total. The summed E-state index contributed by atoms with van der Waals surface area (Å²) in [6, 6.07) is 11.7. The van der Waals surface area contributed by atoms with E-state index in [0.717, 1.165) is 29.3 Å². The van der Waals surface area contributed by atoms with Gasteiger partial charge in [-0.05, 0) is 29.8 Å². The molecule has 0 radical (unpaired) electrons. The summed E-state index contributed by atoms with van der Waals surface area (Å²) in [6.07, 6.45) is 0.728. The minimum absolute atomic E-state index is 0.189. The SMILES string of the molecule is OCCCNCc1c(O)ccc2ccccc12. The number of nitrogens with one attached hydrogen (secondary N) is 1. The van der Waals surface area contributed by atoms with Crippen molar-refractivity contribution in [3.8, 4) is 5.75 Å². The van der Waals surface area contributed by atoms with E-state index in [4.69, 9.17) is 5.11 Å². The van der Waals surface area contributed by atoms with Crippen LogP contribution in [0.4, 0.5) is 0 Å². The minimum atomic E-state index is 0.189. The van der Waals surface area contributed by atoms with Crippen LogP contribution in [0.15, 0.2) is 36.4 Å². The van der Waals surface area contributed by atoms with E-state index >= 15 is 0 Å². The minimum Gasteiger partial charge on any atom is -0.508 e. The van der Waals surface area contributed by atoms with Crippen LogP contribution in [0.3, 0.4) is 0 Å². The van der Waals surface area contributed by atoms with Crippen LogP contribution in [0.25, 0.3) is 10.8 Å². The molecule has 0 aliphatic heterocycles.